The number of carbonyl (C=O) groups is 1. The van der Waals surface area contributed by atoms with Gasteiger partial charge in [-0.25, -0.2) is 0 Å². The van der Waals surface area contributed by atoms with Crippen LogP contribution in [0, 0.1) is 11.3 Å². The van der Waals surface area contributed by atoms with Gasteiger partial charge in [0.2, 0.25) is 0 Å². The Kier molecular flexibility index (Phi) is 4.58. The third kappa shape index (κ3) is 4.97. The Labute approximate surface area is 65.5 Å². The summed E-state index contributed by atoms with van der Waals surface area (Å²) in [7, 11) is 1.31. The van der Waals surface area contributed by atoms with Crippen molar-refractivity contribution in [1.82, 2.24) is 5.32 Å². The zero-order valence-corrected chi connectivity index (χ0v) is 6.55. The third-order valence-electron chi connectivity index (χ3n) is 1.02. The molecule has 0 heterocycles. The molecule has 1 N–H and O–H groups in total. The van der Waals surface area contributed by atoms with Crippen LogP contribution in [0.5, 0.6) is 0 Å². The van der Waals surface area contributed by atoms with Gasteiger partial charge in [0, 0.05) is 11.8 Å². The Hall–Kier alpha value is -1.50. The molecule has 0 atom stereocenters. The van der Waals surface area contributed by atoms with Crippen LogP contribution in [0.25, 0.3) is 0 Å². The average molecular weight is 154 g/mol. The van der Waals surface area contributed by atoms with Crippen LogP contribution in [-0.2, 0) is 9.53 Å². The van der Waals surface area contributed by atoms with E-state index in [2.05, 4.69) is 10.1 Å². The number of methoxy groups -OCH3 is 1. The van der Waals surface area contributed by atoms with Crippen LogP contribution in [0.2, 0.25) is 0 Å². The molecule has 0 bridgehead atoms. The summed E-state index contributed by atoms with van der Waals surface area (Å²) in [5.41, 5.74) is 0.651. The van der Waals surface area contributed by atoms with Gasteiger partial charge in [-0.05, 0) is 6.92 Å². The van der Waals surface area contributed by atoms with Gasteiger partial charge in [-0.15, -0.1) is 0 Å². The van der Waals surface area contributed by atoms with E-state index in [0.717, 1.165) is 0 Å². The molecule has 0 aliphatic heterocycles. The molecule has 0 aromatic heterocycles. The quantitative estimate of drug-likeness (QED) is 0.465. The molecule has 0 aromatic rings. The minimum absolute atomic E-state index is 0.0977. The van der Waals surface area contributed by atoms with Crippen molar-refractivity contribution < 1.29 is 9.53 Å². The second kappa shape index (κ2) is 5.30. The van der Waals surface area contributed by atoms with E-state index in [1.165, 1.54) is 13.2 Å². The maximum atomic E-state index is 10.5. The fraction of sp³-hybridized carbons (Fsp3) is 0.429. The lowest BCUT2D eigenvalue weighted by molar-refractivity contribution is -0.139. The molecule has 11 heavy (non-hydrogen) atoms. The average Bonchev–Trinajstić information content (AvgIpc) is 2.01. The number of esters is 1. The number of nitriles is 1. The number of ether oxygens (including phenoxy) is 1. The molecular formula is C7H10N2O2. The van der Waals surface area contributed by atoms with Crippen molar-refractivity contribution >= 4 is 5.97 Å². The van der Waals surface area contributed by atoms with Crippen LogP contribution in [0.3, 0.4) is 0 Å². The van der Waals surface area contributed by atoms with E-state index in [1.54, 1.807) is 6.92 Å². The number of allylic oxidation sites excluding steroid dienone is 2. The van der Waals surface area contributed by atoms with Crippen molar-refractivity contribution in [2.45, 2.75) is 6.92 Å². The first-order valence-electron chi connectivity index (χ1n) is 3.07. The Morgan fingerprint density at radius 3 is 2.91 bits per heavy atom. The summed E-state index contributed by atoms with van der Waals surface area (Å²) in [6, 6.07) is 1.83. The van der Waals surface area contributed by atoms with Crippen LogP contribution < -0.4 is 5.32 Å². The number of nitrogens with one attached hydrogen (secondary N) is 1. The van der Waals surface area contributed by atoms with E-state index in [1.807, 2.05) is 6.07 Å². The minimum atomic E-state index is -0.351. The summed E-state index contributed by atoms with van der Waals surface area (Å²) in [6.45, 7) is 1.80. The fourth-order valence-corrected chi connectivity index (χ4v) is 0.432. The second-order valence-corrected chi connectivity index (χ2v) is 1.89. The highest BCUT2D eigenvalue weighted by Gasteiger charge is 1.97. The second-order valence-electron chi connectivity index (χ2n) is 1.89. The molecule has 0 saturated carbocycles. The van der Waals surface area contributed by atoms with Gasteiger partial charge in [-0.1, -0.05) is 0 Å². The Morgan fingerprint density at radius 1 is 1.82 bits per heavy atom. The molecular weight excluding hydrogens is 144 g/mol. The van der Waals surface area contributed by atoms with Crippen molar-refractivity contribution in [2.75, 3.05) is 13.7 Å². The molecule has 0 aromatic carbocycles. The zero-order chi connectivity index (χ0) is 8.69. The first-order valence-corrected chi connectivity index (χ1v) is 3.07. The number of rotatable bonds is 3. The molecule has 0 saturated heterocycles. The molecule has 0 rings (SSSR count). The molecule has 0 amide bonds. The highest BCUT2D eigenvalue weighted by atomic mass is 16.5. The van der Waals surface area contributed by atoms with Gasteiger partial charge < -0.3 is 10.1 Å². The summed E-state index contributed by atoms with van der Waals surface area (Å²) < 4.78 is 4.37. The lowest BCUT2D eigenvalue weighted by Gasteiger charge is -2.01. The van der Waals surface area contributed by atoms with E-state index in [4.69, 9.17) is 5.26 Å². The molecule has 0 spiro atoms. The van der Waals surface area contributed by atoms with Gasteiger partial charge in [0.1, 0.15) is 6.54 Å². The largest absolute Gasteiger partial charge is 0.468 e. The minimum Gasteiger partial charge on any atom is -0.468 e. The summed E-state index contributed by atoms with van der Waals surface area (Å²) in [5, 5.41) is 10.9. The third-order valence-corrected chi connectivity index (χ3v) is 1.02. The molecule has 4 nitrogen and oxygen atoms in total. The van der Waals surface area contributed by atoms with Gasteiger partial charge >= 0.3 is 5.97 Å². The van der Waals surface area contributed by atoms with Crippen molar-refractivity contribution in [1.29, 1.82) is 5.26 Å². The Balaban J connectivity index is 3.64. The molecule has 0 aliphatic rings. The van der Waals surface area contributed by atoms with E-state index in [0.29, 0.717) is 5.70 Å². The first kappa shape index (κ1) is 9.50. The Morgan fingerprint density at radius 2 is 2.45 bits per heavy atom. The maximum Gasteiger partial charge on any atom is 0.325 e. The molecule has 0 fully saturated rings. The van der Waals surface area contributed by atoms with E-state index in [9.17, 15) is 4.79 Å². The van der Waals surface area contributed by atoms with Gasteiger partial charge in [0.05, 0.1) is 13.2 Å². The smallest absolute Gasteiger partial charge is 0.325 e. The summed E-state index contributed by atoms with van der Waals surface area (Å²) in [4.78, 5) is 10.5. The summed E-state index contributed by atoms with van der Waals surface area (Å²) in [5.74, 6) is -0.351. The molecule has 60 valence electrons. The fourth-order valence-electron chi connectivity index (χ4n) is 0.432. The number of hydrogen-bond donors (Lipinski definition) is 1. The number of carbonyl (C=O) groups excluding carboxylic acids is 1. The predicted molar refractivity (Wildman–Crippen MR) is 39.4 cm³/mol. The highest BCUT2D eigenvalue weighted by Crippen LogP contribution is 1.83. The van der Waals surface area contributed by atoms with E-state index >= 15 is 0 Å². The Bertz CT molecular complexity index is 203. The van der Waals surface area contributed by atoms with Gasteiger partial charge in [0.15, 0.2) is 0 Å². The van der Waals surface area contributed by atoms with E-state index in [-0.39, 0.29) is 12.5 Å². The van der Waals surface area contributed by atoms with Crippen molar-refractivity contribution in [3.63, 3.8) is 0 Å². The van der Waals surface area contributed by atoms with Gasteiger partial charge in [0.25, 0.3) is 0 Å². The van der Waals surface area contributed by atoms with E-state index < -0.39 is 0 Å². The van der Waals surface area contributed by atoms with Crippen molar-refractivity contribution in [3.05, 3.63) is 11.8 Å². The van der Waals surface area contributed by atoms with Crippen LogP contribution >= 0.6 is 0 Å². The predicted octanol–water partition coefficient (Wildman–Crippen LogP) is 0.176. The maximum absolute atomic E-state index is 10.5. The van der Waals surface area contributed by atoms with Gasteiger partial charge in [-0.3, -0.25) is 4.79 Å². The topological polar surface area (TPSA) is 62.1 Å². The van der Waals surface area contributed by atoms with Crippen LogP contribution in [0.1, 0.15) is 6.92 Å². The van der Waals surface area contributed by atoms with Crippen LogP contribution in [-0.4, -0.2) is 19.6 Å². The molecule has 0 aliphatic carbocycles. The number of hydrogen-bond acceptors (Lipinski definition) is 4. The van der Waals surface area contributed by atoms with Crippen molar-refractivity contribution in [2.24, 2.45) is 0 Å². The van der Waals surface area contributed by atoms with Crippen LogP contribution in [0.15, 0.2) is 11.8 Å². The van der Waals surface area contributed by atoms with Crippen LogP contribution in [0.4, 0.5) is 0 Å². The first-order chi connectivity index (χ1) is 5.20. The lowest BCUT2D eigenvalue weighted by Crippen LogP contribution is -2.22. The SMILES string of the molecule is COC(=O)CN/C(C)=C\C#N. The zero-order valence-electron chi connectivity index (χ0n) is 6.55. The molecule has 4 heteroatoms. The molecule has 0 unspecified atom stereocenters. The lowest BCUT2D eigenvalue weighted by atomic mass is 10.4. The van der Waals surface area contributed by atoms with Gasteiger partial charge in [-0.2, -0.15) is 5.26 Å². The standard InChI is InChI=1S/C7H10N2O2/c1-6(3-4-8)9-5-7(10)11-2/h3,9H,5H2,1-2H3/b6-3-. The van der Waals surface area contributed by atoms with Crippen molar-refractivity contribution in [3.8, 4) is 6.07 Å². The number of nitrogens with zero attached hydrogens (tertiary/aromatic N) is 1. The highest BCUT2D eigenvalue weighted by molar-refractivity contribution is 5.71. The monoisotopic (exact) mass is 154 g/mol. The summed E-state index contributed by atoms with van der Waals surface area (Å²) in [6.07, 6.45) is 1.32. The normalized spacial score (nSPS) is 10.1. The molecule has 0 radical (unpaired) electrons. The summed E-state index contributed by atoms with van der Waals surface area (Å²) >= 11 is 0.